The molecule has 1 saturated heterocycles. The number of carbonyl (C=O) groups excluding carboxylic acids is 1. The molecular formula is C11H10F2N2O5S. The average Bonchev–Trinajstić information content (AvgIpc) is 2.37. The number of piperazine rings is 1. The van der Waals surface area contributed by atoms with Gasteiger partial charge < -0.3 is 10.4 Å². The van der Waals surface area contributed by atoms with Crippen LogP contribution in [0.4, 0.5) is 8.78 Å². The number of hydrogen-bond acceptors (Lipinski definition) is 4. The third kappa shape index (κ3) is 2.72. The summed E-state index contributed by atoms with van der Waals surface area (Å²) >= 11 is 0. The summed E-state index contributed by atoms with van der Waals surface area (Å²) in [5.74, 6) is -5.00. The highest BCUT2D eigenvalue weighted by molar-refractivity contribution is 7.89. The van der Waals surface area contributed by atoms with Crippen molar-refractivity contribution < 1.29 is 31.9 Å². The SMILES string of the molecule is O=C1CN(S(=O)(=O)c2c(F)cccc2F)C(C(=O)O)CN1. The number of carboxylic acid groups (broad SMARTS) is 1. The molecule has 0 radical (unpaired) electrons. The third-order valence-electron chi connectivity index (χ3n) is 2.91. The molecule has 1 heterocycles. The van der Waals surface area contributed by atoms with Crippen LogP contribution in [0, 0.1) is 11.6 Å². The fourth-order valence-corrected chi connectivity index (χ4v) is 3.58. The Morgan fingerprint density at radius 2 is 1.90 bits per heavy atom. The summed E-state index contributed by atoms with van der Waals surface area (Å²) in [5, 5.41) is 11.2. The summed E-state index contributed by atoms with van der Waals surface area (Å²) in [4.78, 5) is 21.1. The van der Waals surface area contributed by atoms with Gasteiger partial charge in [-0.15, -0.1) is 0 Å². The molecule has 1 fully saturated rings. The lowest BCUT2D eigenvalue weighted by atomic mass is 10.2. The van der Waals surface area contributed by atoms with Gasteiger partial charge in [0.2, 0.25) is 15.9 Å². The molecule has 0 bridgehead atoms. The number of nitrogens with one attached hydrogen (secondary N) is 1. The molecule has 1 atom stereocenters. The molecule has 0 spiro atoms. The van der Waals surface area contributed by atoms with Crippen molar-refractivity contribution in [2.75, 3.05) is 13.1 Å². The standard InChI is InChI=1S/C11H10F2N2O5S/c12-6-2-1-3-7(13)10(6)21(19,20)15-5-9(16)14-4-8(15)11(17)18/h1-3,8H,4-5H2,(H,14,16)(H,17,18). The van der Waals surface area contributed by atoms with Gasteiger partial charge in [0.1, 0.15) is 17.7 Å². The first-order chi connectivity index (χ1) is 9.75. The molecular weight excluding hydrogens is 310 g/mol. The monoisotopic (exact) mass is 320 g/mol. The molecule has 0 saturated carbocycles. The van der Waals surface area contributed by atoms with Gasteiger partial charge in [-0.25, -0.2) is 17.2 Å². The Morgan fingerprint density at radius 1 is 1.33 bits per heavy atom. The molecule has 1 aliphatic heterocycles. The Balaban J connectivity index is 2.55. The maximum Gasteiger partial charge on any atom is 0.323 e. The highest BCUT2D eigenvalue weighted by Gasteiger charge is 2.42. The van der Waals surface area contributed by atoms with Crippen molar-refractivity contribution in [3.05, 3.63) is 29.8 Å². The number of sulfonamides is 1. The van der Waals surface area contributed by atoms with Gasteiger partial charge in [0.25, 0.3) is 0 Å². The van der Waals surface area contributed by atoms with E-state index in [9.17, 15) is 26.8 Å². The first-order valence-corrected chi connectivity index (χ1v) is 7.14. The quantitative estimate of drug-likeness (QED) is 0.784. The van der Waals surface area contributed by atoms with E-state index in [1.54, 1.807) is 0 Å². The number of amides is 1. The Kier molecular flexibility index (Phi) is 3.92. The predicted octanol–water partition coefficient (Wildman–Crippen LogP) is -0.461. The Labute approximate surface area is 118 Å². The highest BCUT2D eigenvalue weighted by atomic mass is 32.2. The maximum absolute atomic E-state index is 13.6. The van der Waals surface area contributed by atoms with Crippen LogP contribution in [0.3, 0.4) is 0 Å². The summed E-state index contributed by atoms with van der Waals surface area (Å²) in [6.45, 7) is -1.31. The first-order valence-electron chi connectivity index (χ1n) is 5.70. The number of halogens is 2. The lowest BCUT2D eigenvalue weighted by Gasteiger charge is -2.31. The number of hydrogen-bond donors (Lipinski definition) is 2. The van der Waals surface area contributed by atoms with Crippen molar-refractivity contribution in [3.63, 3.8) is 0 Å². The minimum atomic E-state index is -4.81. The van der Waals surface area contributed by atoms with Gasteiger partial charge in [-0.05, 0) is 12.1 Å². The molecule has 2 rings (SSSR count). The van der Waals surface area contributed by atoms with Crippen molar-refractivity contribution in [2.24, 2.45) is 0 Å². The predicted molar refractivity (Wildman–Crippen MR) is 64.7 cm³/mol. The van der Waals surface area contributed by atoms with Crippen LogP contribution >= 0.6 is 0 Å². The second kappa shape index (κ2) is 5.37. The molecule has 21 heavy (non-hydrogen) atoms. The van der Waals surface area contributed by atoms with Gasteiger partial charge in [0.15, 0.2) is 4.90 Å². The fourth-order valence-electron chi connectivity index (χ4n) is 1.93. The molecule has 0 aliphatic carbocycles. The normalized spacial score (nSPS) is 20.1. The van der Waals surface area contributed by atoms with Gasteiger partial charge in [-0.2, -0.15) is 4.31 Å². The van der Waals surface area contributed by atoms with Crippen molar-refractivity contribution in [2.45, 2.75) is 10.9 Å². The van der Waals surface area contributed by atoms with Gasteiger partial charge in [-0.1, -0.05) is 6.07 Å². The minimum absolute atomic E-state index is 0.273. The second-order valence-corrected chi connectivity index (χ2v) is 6.09. The molecule has 1 aliphatic rings. The van der Waals surface area contributed by atoms with E-state index in [1.807, 2.05) is 0 Å². The smallest absolute Gasteiger partial charge is 0.323 e. The van der Waals surface area contributed by atoms with Crippen LogP contribution in [0.1, 0.15) is 0 Å². The van der Waals surface area contributed by atoms with E-state index >= 15 is 0 Å². The number of carboxylic acids is 1. The Bertz CT molecular complexity index is 686. The molecule has 1 aromatic carbocycles. The van der Waals surface area contributed by atoms with Crippen molar-refractivity contribution in [3.8, 4) is 0 Å². The van der Waals surface area contributed by atoms with Crippen molar-refractivity contribution in [1.29, 1.82) is 0 Å². The van der Waals surface area contributed by atoms with Gasteiger partial charge in [-0.3, -0.25) is 9.59 Å². The van der Waals surface area contributed by atoms with E-state index < -0.39 is 57.6 Å². The van der Waals surface area contributed by atoms with Gasteiger partial charge in [0.05, 0.1) is 6.54 Å². The van der Waals surface area contributed by atoms with Crippen LogP contribution in [-0.2, 0) is 19.6 Å². The van der Waals surface area contributed by atoms with E-state index in [4.69, 9.17) is 5.11 Å². The zero-order chi connectivity index (χ0) is 15.8. The Hall–Kier alpha value is -2.07. The number of aliphatic carboxylic acids is 1. The number of nitrogens with zero attached hydrogens (tertiary/aromatic N) is 1. The summed E-state index contributed by atoms with van der Waals surface area (Å²) in [7, 11) is -4.81. The fraction of sp³-hybridized carbons (Fsp3) is 0.273. The lowest BCUT2D eigenvalue weighted by molar-refractivity contribution is -0.143. The highest BCUT2D eigenvalue weighted by Crippen LogP contribution is 2.25. The Morgan fingerprint density at radius 3 is 2.43 bits per heavy atom. The lowest BCUT2D eigenvalue weighted by Crippen LogP contribution is -2.59. The molecule has 1 aromatic rings. The minimum Gasteiger partial charge on any atom is -0.480 e. The van der Waals surface area contributed by atoms with E-state index in [1.165, 1.54) is 0 Å². The van der Waals surface area contributed by atoms with Crippen LogP contribution in [0.15, 0.2) is 23.1 Å². The summed E-state index contributed by atoms with van der Waals surface area (Å²) in [6.07, 6.45) is 0. The van der Waals surface area contributed by atoms with E-state index in [0.717, 1.165) is 18.2 Å². The van der Waals surface area contributed by atoms with Gasteiger partial charge in [0, 0.05) is 6.54 Å². The summed E-state index contributed by atoms with van der Waals surface area (Å²) < 4.78 is 52.1. The molecule has 1 unspecified atom stereocenters. The topological polar surface area (TPSA) is 104 Å². The molecule has 114 valence electrons. The number of rotatable bonds is 3. The first kappa shape index (κ1) is 15.3. The van der Waals surface area contributed by atoms with E-state index in [2.05, 4.69) is 5.32 Å². The average molecular weight is 320 g/mol. The molecule has 7 nitrogen and oxygen atoms in total. The van der Waals surface area contributed by atoms with Gasteiger partial charge >= 0.3 is 5.97 Å². The number of carbonyl (C=O) groups is 2. The third-order valence-corrected chi connectivity index (χ3v) is 4.82. The van der Waals surface area contributed by atoms with Crippen molar-refractivity contribution >= 4 is 21.9 Å². The van der Waals surface area contributed by atoms with Crippen LogP contribution in [0.25, 0.3) is 0 Å². The zero-order valence-corrected chi connectivity index (χ0v) is 11.2. The maximum atomic E-state index is 13.6. The molecule has 10 heteroatoms. The second-order valence-electron chi connectivity index (χ2n) is 4.26. The van der Waals surface area contributed by atoms with Crippen LogP contribution in [0.2, 0.25) is 0 Å². The van der Waals surface area contributed by atoms with Crippen LogP contribution in [0.5, 0.6) is 0 Å². The van der Waals surface area contributed by atoms with Crippen LogP contribution in [-0.4, -0.2) is 48.8 Å². The number of benzene rings is 1. The zero-order valence-electron chi connectivity index (χ0n) is 10.4. The molecule has 0 aromatic heterocycles. The molecule has 2 N–H and O–H groups in total. The summed E-state index contributed by atoms with van der Waals surface area (Å²) in [6, 6.07) is 0.805. The molecule has 1 amide bonds. The van der Waals surface area contributed by atoms with E-state index in [0.29, 0.717) is 0 Å². The largest absolute Gasteiger partial charge is 0.480 e. The van der Waals surface area contributed by atoms with Crippen molar-refractivity contribution in [1.82, 2.24) is 9.62 Å². The van der Waals surface area contributed by atoms with Crippen LogP contribution < -0.4 is 5.32 Å². The summed E-state index contributed by atoms with van der Waals surface area (Å²) in [5.41, 5.74) is 0. The van der Waals surface area contributed by atoms with E-state index in [-0.39, 0.29) is 4.31 Å².